The molecule has 6 heteroatoms. The van der Waals surface area contributed by atoms with E-state index in [-0.39, 0.29) is 6.42 Å². The van der Waals surface area contributed by atoms with Crippen molar-refractivity contribution in [1.82, 2.24) is 0 Å². The van der Waals surface area contributed by atoms with E-state index in [4.69, 9.17) is 0 Å². The topological polar surface area (TPSA) is 69.7 Å². The van der Waals surface area contributed by atoms with Gasteiger partial charge in [0.2, 0.25) is 0 Å². The van der Waals surface area contributed by atoms with Gasteiger partial charge in [-0.25, -0.2) is 4.79 Å². The molecular formula is C8H14O5S. The molecule has 0 heterocycles. The molecule has 0 amide bonds. The lowest BCUT2D eigenvalue weighted by atomic mass is 10.4. The maximum Gasteiger partial charge on any atom is 0.343 e. The van der Waals surface area contributed by atoms with Crippen molar-refractivity contribution >= 4 is 16.1 Å². The van der Waals surface area contributed by atoms with Gasteiger partial charge in [0.1, 0.15) is 0 Å². The van der Waals surface area contributed by atoms with Crippen LogP contribution in [0.15, 0.2) is 0 Å². The Morgan fingerprint density at radius 1 is 1.36 bits per heavy atom. The average molecular weight is 222 g/mol. The predicted molar refractivity (Wildman–Crippen MR) is 48.6 cm³/mol. The van der Waals surface area contributed by atoms with Crippen LogP contribution in [0.25, 0.3) is 0 Å². The average Bonchev–Trinajstić information content (AvgIpc) is 2.67. The summed E-state index contributed by atoms with van der Waals surface area (Å²) in [6, 6.07) is 0. The van der Waals surface area contributed by atoms with Crippen molar-refractivity contribution in [1.29, 1.82) is 0 Å². The molecule has 0 saturated heterocycles. The van der Waals surface area contributed by atoms with Gasteiger partial charge in [0, 0.05) is 6.42 Å². The summed E-state index contributed by atoms with van der Waals surface area (Å²) in [5.74, 6) is -0.674. The number of hydrogen-bond acceptors (Lipinski definition) is 5. The van der Waals surface area contributed by atoms with E-state index >= 15 is 0 Å². The number of hydrogen-bond donors (Lipinski definition) is 0. The Hall–Kier alpha value is -0.620. The Morgan fingerprint density at radius 2 is 1.93 bits per heavy atom. The zero-order valence-corrected chi connectivity index (χ0v) is 8.88. The molecule has 0 radical (unpaired) electrons. The summed E-state index contributed by atoms with van der Waals surface area (Å²) in [6.45, 7) is 1.56. The summed E-state index contributed by atoms with van der Waals surface area (Å²) in [6.07, 6.45) is 3.04. The molecular weight excluding hydrogens is 208 g/mol. The molecule has 1 fully saturated rings. The fourth-order valence-electron chi connectivity index (χ4n) is 1.38. The summed E-state index contributed by atoms with van der Waals surface area (Å²) in [5.41, 5.74) is 0. The zero-order valence-electron chi connectivity index (χ0n) is 8.06. The third kappa shape index (κ3) is 2.95. The first kappa shape index (κ1) is 11.5. The maximum absolute atomic E-state index is 11.4. The van der Waals surface area contributed by atoms with Crippen molar-refractivity contribution in [2.24, 2.45) is 0 Å². The molecule has 1 rings (SSSR count). The lowest BCUT2D eigenvalue weighted by molar-refractivity contribution is -0.211. The highest BCUT2D eigenvalue weighted by atomic mass is 32.2. The Labute approximate surface area is 83.4 Å². The summed E-state index contributed by atoms with van der Waals surface area (Å²) in [4.78, 5) is 14.8. The van der Waals surface area contributed by atoms with Gasteiger partial charge in [-0.3, -0.25) is 4.89 Å². The molecule has 0 bridgehead atoms. The summed E-state index contributed by atoms with van der Waals surface area (Å²) < 4.78 is 26.9. The second-order valence-corrected chi connectivity index (χ2v) is 5.06. The van der Waals surface area contributed by atoms with Crippen LogP contribution in [0.3, 0.4) is 0 Å². The molecule has 0 aromatic rings. The third-order valence-electron chi connectivity index (χ3n) is 2.22. The molecule has 0 atom stereocenters. The molecule has 5 nitrogen and oxygen atoms in total. The van der Waals surface area contributed by atoms with Crippen LogP contribution in [0.1, 0.15) is 39.0 Å². The van der Waals surface area contributed by atoms with Gasteiger partial charge >= 0.3 is 16.1 Å². The van der Waals surface area contributed by atoms with E-state index in [0.717, 1.165) is 12.8 Å². The Kier molecular flexibility index (Phi) is 3.88. The molecule has 1 aliphatic rings. The predicted octanol–water partition coefficient (Wildman–Crippen LogP) is 1.14. The van der Waals surface area contributed by atoms with Gasteiger partial charge in [0.25, 0.3) is 0 Å². The standard InChI is InChI=1S/C8H14O5S/c1-2-8(9)12-13-14(10,11)7-5-3-4-6-7/h7H,2-6H2,1H3. The minimum atomic E-state index is -3.71. The van der Waals surface area contributed by atoms with Crippen molar-refractivity contribution in [3.05, 3.63) is 0 Å². The Morgan fingerprint density at radius 3 is 2.43 bits per heavy atom. The first-order valence-electron chi connectivity index (χ1n) is 4.69. The molecule has 14 heavy (non-hydrogen) atoms. The van der Waals surface area contributed by atoms with E-state index < -0.39 is 21.3 Å². The second kappa shape index (κ2) is 4.75. The zero-order chi connectivity index (χ0) is 10.6. The van der Waals surface area contributed by atoms with Crippen LogP contribution in [-0.4, -0.2) is 19.6 Å². The molecule has 0 unspecified atom stereocenters. The molecule has 0 aromatic heterocycles. The summed E-state index contributed by atoms with van der Waals surface area (Å²) >= 11 is 0. The van der Waals surface area contributed by atoms with Gasteiger partial charge in [-0.15, -0.1) is 0 Å². The van der Waals surface area contributed by atoms with Crippen LogP contribution < -0.4 is 0 Å². The largest absolute Gasteiger partial charge is 0.343 e. The molecule has 0 aliphatic heterocycles. The van der Waals surface area contributed by atoms with Gasteiger partial charge < -0.3 is 0 Å². The van der Waals surface area contributed by atoms with E-state index in [2.05, 4.69) is 9.22 Å². The van der Waals surface area contributed by atoms with E-state index in [1.54, 1.807) is 6.92 Å². The number of rotatable bonds is 4. The highest BCUT2D eigenvalue weighted by Gasteiger charge is 2.31. The van der Waals surface area contributed by atoms with E-state index in [0.29, 0.717) is 12.8 Å². The van der Waals surface area contributed by atoms with Crippen LogP contribution in [0.4, 0.5) is 0 Å². The highest BCUT2D eigenvalue weighted by Crippen LogP contribution is 2.25. The van der Waals surface area contributed by atoms with Crippen molar-refractivity contribution in [3.63, 3.8) is 0 Å². The normalized spacial score (nSPS) is 18.4. The first-order chi connectivity index (χ1) is 6.56. The molecule has 0 spiro atoms. The van der Waals surface area contributed by atoms with E-state index in [1.165, 1.54) is 0 Å². The fourth-order valence-corrected chi connectivity index (χ4v) is 2.57. The van der Waals surface area contributed by atoms with Crippen molar-refractivity contribution in [2.45, 2.75) is 44.3 Å². The van der Waals surface area contributed by atoms with Gasteiger partial charge in [-0.2, -0.15) is 8.42 Å². The summed E-state index contributed by atoms with van der Waals surface area (Å²) in [7, 11) is -3.71. The lowest BCUT2D eigenvalue weighted by Crippen LogP contribution is -2.22. The molecule has 1 aliphatic carbocycles. The number of carbonyl (C=O) groups is 1. The Bertz CT molecular complexity index is 289. The molecule has 1 saturated carbocycles. The molecule has 82 valence electrons. The van der Waals surface area contributed by atoms with Gasteiger partial charge in [0.05, 0.1) is 5.25 Å². The van der Waals surface area contributed by atoms with Crippen LogP contribution in [0.5, 0.6) is 0 Å². The Balaban J connectivity index is 2.45. The molecule has 0 N–H and O–H groups in total. The van der Waals surface area contributed by atoms with Crippen molar-refractivity contribution < 1.29 is 22.4 Å². The van der Waals surface area contributed by atoms with Gasteiger partial charge in [0.15, 0.2) is 0 Å². The second-order valence-electron chi connectivity index (χ2n) is 3.28. The van der Waals surface area contributed by atoms with Crippen molar-refractivity contribution in [2.75, 3.05) is 0 Å². The van der Waals surface area contributed by atoms with E-state index in [9.17, 15) is 13.2 Å². The quantitative estimate of drug-likeness (QED) is 0.527. The summed E-state index contributed by atoms with van der Waals surface area (Å²) in [5, 5.41) is -0.507. The first-order valence-corrected chi connectivity index (χ1v) is 6.16. The monoisotopic (exact) mass is 222 g/mol. The fraction of sp³-hybridized carbons (Fsp3) is 0.875. The molecule has 0 aromatic carbocycles. The van der Waals surface area contributed by atoms with Crippen LogP contribution >= 0.6 is 0 Å². The van der Waals surface area contributed by atoms with Crippen LogP contribution in [-0.2, 0) is 24.1 Å². The minimum Gasteiger partial charge on any atom is -0.282 e. The van der Waals surface area contributed by atoms with Gasteiger partial charge in [-0.05, 0) is 12.8 Å². The van der Waals surface area contributed by atoms with E-state index in [1.807, 2.05) is 0 Å². The smallest absolute Gasteiger partial charge is 0.282 e. The maximum atomic E-state index is 11.4. The van der Waals surface area contributed by atoms with Crippen LogP contribution in [0, 0.1) is 0 Å². The third-order valence-corrected chi connectivity index (χ3v) is 3.77. The minimum absolute atomic E-state index is 0.0974. The van der Waals surface area contributed by atoms with Gasteiger partial charge in [-0.1, -0.05) is 24.1 Å². The number of carbonyl (C=O) groups excluding carboxylic acids is 1. The van der Waals surface area contributed by atoms with Crippen molar-refractivity contribution in [3.8, 4) is 0 Å². The SMILES string of the molecule is CCC(=O)OOS(=O)(=O)C1CCCC1. The lowest BCUT2D eigenvalue weighted by Gasteiger charge is -2.08. The van der Waals surface area contributed by atoms with Crippen LogP contribution in [0.2, 0.25) is 0 Å². The highest BCUT2D eigenvalue weighted by molar-refractivity contribution is 7.87.